The molecule has 1 aromatic rings. The summed E-state index contributed by atoms with van der Waals surface area (Å²) in [5.74, 6) is 7.38. The predicted octanol–water partition coefficient (Wildman–Crippen LogP) is 1.53. The van der Waals surface area contributed by atoms with E-state index in [0.717, 1.165) is 11.4 Å². The Labute approximate surface area is 90.5 Å². The van der Waals surface area contributed by atoms with Gasteiger partial charge >= 0.3 is 0 Å². The molecule has 5 heteroatoms. The monoisotopic (exact) mass is 209 g/mol. The van der Waals surface area contributed by atoms with E-state index < -0.39 is 0 Å². The van der Waals surface area contributed by atoms with Crippen molar-refractivity contribution in [3.05, 3.63) is 11.9 Å². The first-order valence-corrected chi connectivity index (χ1v) is 5.11. The highest BCUT2D eigenvalue weighted by Crippen LogP contribution is 2.19. The van der Waals surface area contributed by atoms with Crippen LogP contribution < -0.4 is 16.6 Å². The van der Waals surface area contributed by atoms with E-state index in [1.54, 1.807) is 0 Å². The lowest BCUT2D eigenvalue weighted by atomic mass is 10.1. The van der Waals surface area contributed by atoms with Crippen molar-refractivity contribution in [2.24, 2.45) is 11.8 Å². The van der Waals surface area contributed by atoms with Gasteiger partial charge in [-0.1, -0.05) is 13.8 Å². The Kier molecular flexibility index (Phi) is 3.85. The van der Waals surface area contributed by atoms with Gasteiger partial charge in [-0.05, 0) is 19.8 Å². The second-order valence-electron chi connectivity index (χ2n) is 4.02. The molecule has 0 radical (unpaired) electrons. The summed E-state index contributed by atoms with van der Waals surface area (Å²) < 4.78 is 0. The minimum atomic E-state index is 0.365. The van der Waals surface area contributed by atoms with Crippen LogP contribution in [0.4, 0.5) is 11.6 Å². The summed E-state index contributed by atoms with van der Waals surface area (Å²) in [6, 6.07) is 0.365. The number of nitrogens with two attached hydrogens (primary N) is 1. The Morgan fingerprint density at radius 1 is 1.20 bits per heavy atom. The zero-order valence-electron chi connectivity index (χ0n) is 9.70. The Hall–Kier alpha value is -1.36. The van der Waals surface area contributed by atoms with Gasteiger partial charge in [0.15, 0.2) is 0 Å². The first kappa shape index (κ1) is 11.7. The van der Waals surface area contributed by atoms with Crippen molar-refractivity contribution >= 4 is 11.6 Å². The molecule has 1 unspecified atom stereocenters. The SMILES string of the molecule is Cc1c(NN)ncnc1NC(C)C(C)C. The molecular formula is C10H19N5. The van der Waals surface area contributed by atoms with Crippen LogP contribution in [0.15, 0.2) is 6.33 Å². The highest BCUT2D eigenvalue weighted by Gasteiger charge is 2.11. The predicted molar refractivity (Wildman–Crippen MR) is 62.5 cm³/mol. The zero-order valence-corrected chi connectivity index (χ0v) is 9.70. The quantitative estimate of drug-likeness (QED) is 0.518. The highest BCUT2D eigenvalue weighted by atomic mass is 15.3. The molecule has 0 aliphatic heterocycles. The topological polar surface area (TPSA) is 75.9 Å². The van der Waals surface area contributed by atoms with Crippen LogP contribution in [0.1, 0.15) is 26.3 Å². The number of nitrogens with zero attached hydrogens (tertiary/aromatic N) is 2. The molecule has 0 aromatic carbocycles. The van der Waals surface area contributed by atoms with E-state index in [-0.39, 0.29) is 0 Å². The van der Waals surface area contributed by atoms with Crippen molar-refractivity contribution in [3.8, 4) is 0 Å². The molecule has 1 heterocycles. The van der Waals surface area contributed by atoms with E-state index in [4.69, 9.17) is 5.84 Å². The standard InChI is InChI=1S/C10H19N5/c1-6(2)8(4)14-9-7(3)10(15-11)13-5-12-9/h5-6,8H,11H2,1-4H3,(H2,12,13,14,15). The summed E-state index contributed by atoms with van der Waals surface area (Å²) in [6.45, 7) is 8.39. The summed E-state index contributed by atoms with van der Waals surface area (Å²) in [6.07, 6.45) is 1.50. The fraction of sp³-hybridized carbons (Fsp3) is 0.600. The number of hydrogen-bond donors (Lipinski definition) is 3. The van der Waals surface area contributed by atoms with Crippen LogP contribution >= 0.6 is 0 Å². The third-order valence-electron chi connectivity index (χ3n) is 2.59. The van der Waals surface area contributed by atoms with Crippen LogP contribution in [0.25, 0.3) is 0 Å². The van der Waals surface area contributed by atoms with Crippen molar-refractivity contribution in [2.75, 3.05) is 10.7 Å². The van der Waals surface area contributed by atoms with Gasteiger partial charge in [0.1, 0.15) is 18.0 Å². The zero-order chi connectivity index (χ0) is 11.4. The Balaban J connectivity index is 2.86. The molecule has 0 fully saturated rings. The smallest absolute Gasteiger partial charge is 0.148 e. The van der Waals surface area contributed by atoms with Crippen LogP contribution in [-0.2, 0) is 0 Å². The maximum atomic E-state index is 5.34. The van der Waals surface area contributed by atoms with Crippen LogP contribution in [0, 0.1) is 12.8 Å². The molecule has 0 aliphatic rings. The molecule has 84 valence electrons. The minimum absolute atomic E-state index is 0.365. The molecule has 1 rings (SSSR count). The Bertz CT molecular complexity index is 324. The molecule has 0 saturated carbocycles. The van der Waals surface area contributed by atoms with Crippen LogP contribution in [0.3, 0.4) is 0 Å². The molecule has 4 N–H and O–H groups in total. The average molecular weight is 209 g/mol. The van der Waals surface area contributed by atoms with Gasteiger partial charge in [0.05, 0.1) is 0 Å². The van der Waals surface area contributed by atoms with Gasteiger partial charge < -0.3 is 10.7 Å². The second-order valence-corrected chi connectivity index (χ2v) is 4.02. The molecule has 0 spiro atoms. The van der Waals surface area contributed by atoms with Crippen molar-refractivity contribution in [1.29, 1.82) is 0 Å². The number of hydrazine groups is 1. The molecule has 0 amide bonds. The van der Waals surface area contributed by atoms with E-state index in [1.165, 1.54) is 6.33 Å². The lowest BCUT2D eigenvalue weighted by Gasteiger charge is -2.19. The number of aromatic nitrogens is 2. The van der Waals surface area contributed by atoms with E-state index in [0.29, 0.717) is 17.8 Å². The normalized spacial score (nSPS) is 12.7. The number of nitrogens with one attached hydrogen (secondary N) is 2. The van der Waals surface area contributed by atoms with E-state index >= 15 is 0 Å². The van der Waals surface area contributed by atoms with Crippen molar-refractivity contribution < 1.29 is 0 Å². The summed E-state index contributed by atoms with van der Waals surface area (Å²) in [7, 11) is 0. The van der Waals surface area contributed by atoms with Crippen molar-refractivity contribution in [3.63, 3.8) is 0 Å². The van der Waals surface area contributed by atoms with Gasteiger partial charge in [0.2, 0.25) is 0 Å². The molecule has 15 heavy (non-hydrogen) atoms. The Morgan fingerprint density at radius 3 is 2.33 bits per heavy atom. The van der Waals surface area contributed by atoms with Gasteiger partial charge in [-0.15, -0.1) is 0 Å². The molecule has 1 aromatic heterocycles. The summed E-state index contributed by atoms with van der Waals surface area (Å²) in [5, 5.41) is 3.34. The van der Waals surface area contributed by atoms with Crippen LogP contribution in [-0.4, -0.2) is 16.0 Å². The van der Waals surface area contributed by atoms with Gasteiger partial charge in [-0.2, -0.15) is 0 Å². The lowest BCUT2D eigenvalue weighted by Crippen LogP contribution is -2.23. The maximum absolute atomic E-state index is 5.34. The lowest BCUT2D eigenvalue weighted by molar-refractivity contribution is 0.558. The van der Waals surface area contributed by atoms with Crippen LogP contribution in [0.2, 0.25) is 0 Å². The maximum Gasteiger partial charge on any atom is 0.148 e. The third kappa shape index (κ3) is 2.79. The summed E-state index contributed by atoms with van der Waals surface area (Å²) >= 11 is 0. The molecule has 1 atom stereocenters. The number of rotatable bonds is 4. The molecule has 0 aliphatic carbocycles. The third-order valence-corrected chi connectivity index (χ3v) is 2.59. The largest absolute Gasteiger partial charge is 0.367 e. The molecule has 0 bridgehead atoms. The minimum Gasteiger partial charge on any atom is -0.367 e. The number of nitrogen functional groups attached to an aromatic ring is 1. The van der Waals surface area contributed by atoms with Gasteiger partial charge in [0, 0.05) is 11.6 Å². The molecule has 0 saturated heterocycles. The van der Waals surface area contributed by atoms with Gasteiger partial charge in [-0.25, -0.2) is 15.8 Å². The van der Waals surface area contributed by atoms with E-state index in [9.17, 15) is 0 Å². The summed E-state index contributed by atoms with van der Waals surface area (Å²) in [5.41, 5.74) is 3.48. The van der Waals surface area contributed by atoms with Crippen LogP contribution in [0.5, 0.6) is 0 Å². The second kappa shape index (κ2) is 4.93. The first-order valence-electron chi connectivity index (χ1n) is 5.11. The Morgan fingerprint density at radius 2 is 1.80 bits per heavy atom. The van der Waals surface area contributed by atoms with E-state index in [2.05, 4.69) is 41.5 Å². The van der Waals surface area contributed by atoms with Crippen molar-refractivity contribution in [1.82, 2.24) is 9.97 Å². The highest BCUT2D eigenvalue weighted by molar-refractivity contribution is 5.56. The fourth-order valence-electron chi connectivity index (χ4n) is 1.12. The fourth-order valence-corrected chi connectivity index (χ4v) is 1.12. The van der Waals surface area contributed by atoms with Crippen molar-refractivity contribution in [2.45, 2.75) is 33.7 Å². The average Bonchev–Trinajstić information content (AvgIpc) is 2.21. The number of anilines is 2. The van der Waals surface area contributed by atoms with Gasteiger partial charge in [0.25, 0.3) is 0 Å². The summed E-state index contributed by atoms with van der Waals surface area (Å²) in [4.78, 5) is 8.21. The van der Waals surface area contributed by atoms with E-state index in [1.807, 2.05) is 6.92 Å². The first-order chi connectivity index (χ1) is 7.06. The molecular weight excluding hydrogens is 190 g/mol. The molecule has 5 nitrogen and oxygen atoms in total. The van der Waals surface area contributed by atoms with Gasteiger partial charge in [-0.3, -0.25) is 0 Å². The number of hydrogen-bond acceptors (Lipinski definition) is 5.